The van der Waals surface area contributed by atoms with E-state index in [-0.39, 0.29) is 6.04 Å². The normalized spacial score (nSPS) is 12.5. The highest BCUT2D eigenvalue weighted by atomic mass is 35.5. The summed E-state index contributed by atoms with van der Waals surface area (Å²) in [5, 5.41) is 12.3. The van der Waals surface area contributed by atoms with Gasteiger partial charge in [0.05, 0.1) is 11.9 Å². The summed E-state index contributed by atoms with van der Waals surface area (Å²) in [6.07, 6.45) is 1.82. The van der Waals surface area contributed by atoms with Gasteiger partial charge in [-0.25, -0.2) is 4.68 Å². The largest absolute Gasteiger partial charge is 0.304 e. The first-order chi connectivity index (χ1) is 11.2. The molecule has 1 unspecified atom stereocenters. The Morgan fingerprint density at radius 1 is 1.22 bits per heavy atom. The highest BCUT2D eigenvalue weighted by Gasteiger charge is 2.11. The van der Waals surface area contributed by atoms with Gasteiger partial charge in [0.2, 0.25) is 0 Å². The summed E-state index contributed by atoms with van der Waals surface area (Å²) in [6.45, 7) is 5.85. The molecule has 0 fully saturated rings. The Morgan fingerprint density at radius 2 is 2.00 bits per heavy atom. The summed E-state index contributed by atoms with van der Waals surface area (Å²) in [4.78, 5) is 2.57. The Kier molecular flexibility index (Phi) is 5.10. The fourth-order valence-electron chi connectivity index (χ4n) is 2.40. The first-order valence-corrected chi connectivity index (χ1v) is 8.83. The summed E-state index contributed by atoms with van der Waals surface area (Å²) in [5.74, 6) is 0. The molecule has 0 aliphatic heterocycles. The second kappa shape index (κ2) is 7.25. The van der Waals surface area contributed by atoms with Gasteiger partial charge >= 0.3 is 0 Å². The molecule has 1 atom stereocenters. The molecule has 23 heavy (non-hydrogen) atoms. The fraction of sp³-hybridized carbons (Fsp3) is 0.294. The van der Waals surface area contributed by atoms with E-state index in [2.05, 4.69) is 53.7 Å². The molecule has 1 N–H and O–H groups in total. The first kappa shape index (κ1) is 16.2. The van der Waals surface area contributed by atoms with Crippen molar-refractivity contribution in [1.82, 2.24) is 20.3 Å². The van der Waals surface area contributed by atoms with Gasteiger partial charge in [-0.1, -0.05) is 28.9 Å². The zero-order valence-electron chi connectivity index (χ0n) is 13.2. The van der Waals surface area contributed by atoms with Crippen LogP contribution in [0.4, 0.5) is 0 Å². The van der Waals surface area contributed by atoms with E-state index < -0.39 is 0 Å². The Morgan fingerprint density at radius 3 is 2.74 bits per heavy atom. The average Bonchev–Trinajstić information content (AvgIpc) is 3.22. The number of hydrogen-bond donors (Lipinski definition) is 1. The second-order valence-corrected chi connectivity index (χ2v) is 6.90. The molecule has 0 spiro atoms. The van der Waals surface area contributed by atoms with Crippen molar-refractivity contribution in [2.75, 3.05) is 0 Å². The third-order valence-corrected chi connectivity index (χ3v) is 5.34. The van der Waals surface area contributed by atoms with Crippen LogP contribution in [-0.2, 0) is 13.1 Å². The van der Waals surface area contributed by atoms with Crippen molar-refractivity contribution < 1.29 is 0 Å². The lowest BCUT2D eigenvalue weighted by Gasteiger charge is -2.12. The van der Waals surface area contributed by atoms with Crippen LogP contribution in [0.3, 0.4) is 0 Å². The molecular weight excluding hydrogens is 328 g/mol. The molecule has 3 aromatic rings. The van der Waals surface area contributed by atoms with Gasteiger partial charge in [-0.2, -0.15) is 0 Å². The molecule has 4 nitrogen and oxygen atoms in total. The predicted octanol–water partition coefficient (Wildman–Crippen LogP) is 4.53. The molecule has 0 amide bonds. The molecule has 0 aliphatic rings. The van der Waals surface area contributed by atoms with Gasteiger partial charge in [0.15, 0.2) is 0 Å². The zero-order valence-corrected chi connectivity index (χ0v) is 14.7. The van der Waals surface area contributed by atoms with Crippen molar-refractivity contribution in [2.24, 2.45) is 0 Å². The van der Waals surface area contributed by atoms with Crippen LogP contribution in [0.15, 0.2) is 42.6 Å². The Labute approximate surface area is 145 Å². The van der Waals surface area contributed by atoms with Gasteiger partial charge in [-0.15, -0.1) is 16.4 Å². The van der Waals surface area contributed by atoms with Gasteiger partial charge in [0.25, 0.3) is 0 Å². The molecule has 2 heterocycles. The number of thiophene rings is 1. The van der Waals surface area contributed by atoms with Crippen molar-refractivity contribution in [3.63, 3.8) is 0 Å². The van der Waals surface area contributed by atoms with E-state index in [0.717, 1.165) is 23.8 Å². The molecule has 0 saturated heterocycles. The quantitative estimate of drug-likeness (QED) is 0.713. The van der Waals surface area contributed by atoms with Crippen molar-refractivity contribution in [2.45, 2.75) is 33.0 Å². The predicted molar refractivity (Wildman–Crippen MR) is 95.7 cm³/mol. The Bertz CT molecular complexity index is 763. The third kappa shape index (κ3) is 3.80. The Balaban J connectivity index is 1.66. The first-order valence-electron chi connectivity index (χ1n) is 7.63. The van der Waals surface area contributed by atoms with Crippen LogP contribution in [0.5, 0.6) is 0 Å². The van der Waals surface area contributed by atoms with Gasteiger partial charge in [-0.05, 0) is 43.7 Å². The van der Waals surface area contributed by atoms with Crippen LogP contribution in [0, 0.1) is 0 Å². The van der Waals surface area contributed by atoms with E-state index in [1.165, 1.54) is 15.3 Å². The molecule has 0 bridgehead atoms. The maximum absolute atomic E-state index is 5.95. The molecule has 6 heteroatoms. The summed E-state index contributed by atoms with van der Waals surface area (Å²) in [7, 11) is 0. The summed E-state index contributed by atoms with van der Waals surface area (Å²) in [5.41, 5.74) is 2.31. The van der Waals surface area contributed by atoms with E-state index in [1.807, 2.05) is 23.0 Å². The number of halogens is 1. The van der Waals surface area contributed by atoms with Crippen LogP contribution in [0.1, 0.15) is 30.5 Å². The SMILES string of the molecule is CCn1nncc1CNC(C)c1ccc(-c2ccc(Cl)cc2)s1. The monoisotopic (exact) mass is 346 g/mol. The second-order valence-electron chi connectivity index (χ2n) is 5.35. The number of nitrogens with one attached hydrogen (secondary N) is 1. The van der Waals surface area contributed by atoms with E-state index >= 15 is 0 Å². The van der Waals surface area contributed by atoms with Crippen molar-refractivity contribution >= 4 is 22.9 Å². The maximum Gasteiger partial charge on any atom is 0.0738 e. The van der Waals surface area contributed by atoms with Crippen molar-refractivity contribution in [3.05, 3.63) is 58.2 Å². The highest BCUT2D eigenvalue weighted by Crippen LogP contribution is 2.32. The average molecular weight is 347 g/mol. The van der Waals surface area contributed by atoms with Crippen LogP contribution < -0.4 is 5.32 Å². The minimum Gasteiger partial charge on any atom is -0.304 e. The minimum atomic E-state index is 0.279. The molecule has 0 radical (unpaired) electrons. The molecular formula is C17H19ClN4S. The van der Waals surface area contributed by atoms with Crippen LogP contribution in [-0.4, -0.2) is 15.0 Å². The molecule has 1 aromatic carbocycles. The molecule has 0 aliphatic carbocycles. The zero-order chi connectivity index (χ0) is 16.2. The Hall–Kier alpha value is -1.69. The van der Waals surface area contributed by atoms with Crippen LogP contribution in [0.2, 0.25) is 5.02 Å². The van der Waals surface area contributed by atoms with Gasteiger partial charge in [0, 0.05) is 33.9 Å². The van der Waals surface area contributed by atoms with E-state index in [0.29, 0.717) is 0 Å². The molecule has 0 saturated carbocycles. The van der Waals surface area contributed by atoms with E-state index in [4.69, 9.17) is 11.6 Å². The molecule has 2 aromatic heterocycles. The lowest BCUT2D eigenvalue weighted by atomic mass is 10.2. The number of rotatable bonds is 6. The van der Waals surface area contributed by atoms with Crippen LogP contribution >= 0.6 is 22.9 Å². The number of aryl methyl sites for hydroxylation is 1. The maximum atomic E-state index is 5.95. The lowest BCUT2D eigenvalue weighted by Crippen LogP contribution is -2.19. The number of nitrogens with zero attached hydrogens (tertiary/aromatic N) is 3. The van der Waals surface area contributed by atoms with E-state index in [9.17, 15) is 0 Å². The van der Waals surface area contributed by atoms with E-state index in [1.54, 1.807) is 11.3 Å². The van der Waals surface area contributed by atoms with Crippen molar-refractivity contribution in [1.29, 1.82) is 0 Å². The summed E-state index contributed by atoms with van der Waals surface area (Å²) >= 11 is 7.75. The smallest absolute Gasteiger partial charge is 0.0738 e. The number of aromatic nitrogens is 3. The fourth-order valence-corrected chi connectivity index (χ4v) is 3.56. The highest BCUT2D eigenvalue weighted by molar-refractivity contribution is 7.15. The molecule has 120 valence electrons. The lowest BCUT2D eigenvalue weighted by molar-refractivity contribution is 0.531. The standard InChI is InChI=1S/C17H19ClN4S/c1-3-22-15(11-20-21-22)10-19-12(2)16-8-9-17(23-16)13-4-6-14(18)7-5-13/h4-9,11-12,19H,3,10H2,1-2H3. The summed E-state index contributed by atoms with van der Waals surface area (Å²) < 4.78 is 1.91. The third-order valence-electron chi connectivity index (χ3n) is 3.77. The number of benzene rings is 1. The van der Waals surface area contributed by atoms with Crippen LogP contribution in [0.25, 0.3) is 10.4 Å². The molecule has 3 rings (SSSR count). The van der Waals surface area contributed by atoms with Gasteiger partial charge in [0.1, 0.15) is 0 Å². The topological polar surface area (TPSA) is 42.7 Å². The van der Waals surface area contributed by atoms with Crippen molar-refractivity contribution in [3.8, 4) is 10.4 Å². The van der Waals surface area contributed by atoms with Gasteiger partial charge in [-0.3, -0.25) is 0 Å². The summed E-state index contributed by atoms with van der Waals surface area (Å²) in [6, 6.07) is 12.6. The van der Waals surface area contributed by atoms with Gasteiger partial charge < -0.3 is 5.32 Å². The minimum absolute atomic E-state index is 0.279. The number of hydrogen-bond acceptors (Lipinski definition) is 4.